The number of likely N-dealkylation sites (tertiary alicyclic amines) is 1. The third-order valence-electron chi connectivity index (χ3n) is 7.40. The van der Waals surface area contributed by atoms with Crippen LogP contribution in [0.3, 0.4) is 0 Å². The average Bonchev–Trinajstić information content (AvgIpc) is 3.02. The fourth-order valence-electron chi connectivity index (χ4n) is 5.26. The van der Waals surface area contributed by atoms with E-state index in [9.17, 15) is 13.2 Å². The highest BCUT2D eigenvalue weighted by Gasteiger charge is 2.31. The van der Waals surface area contributed by atoms with Gasteiger partial charge in [0.05, 0.1) is 5.69 Å². The number of aromatic nitrogens is 3. The predicted octanol–water partition coefficient (Wildman–Crippen LogP) is 7.85. The SMILES string of the molecule is FC(F)(F)Oc1ccc(-c2cncc(-c3cc(NC4CCN(Cc5ccccc5)CC4)nc(-c4ccccc4)n3)c2)cc1. The van der Waals surface area contributed by atoms with Crippen molar-refractivity contribution in [1.82, 2.24) is 19.9 Å². The number of piperidine rings is 1. The highest BCUT2D eigenvalue weighted by molar-refractivity contribution is 5.73. The first-order valence-corrected chi connectivity index (χ1v) is 14.2. The molecule has 0 spiro atoms. The molecule has 6 rings (SSSR count). The molecule has 218 valence electrons. The van der Waals surface area contributed by atoms with Gasteiger partial charge < -0.3 is 10.1 Å². The van der Waals surface area contributed by atoms with Gasteiger partial charge >= 0.3 is 6.36 Å². The van der Waals surface area contributed by atoms with Crippen molar-refractivity contribution in [2.45, 2.75) is 31.8 Å². The molecule has 1 saturated heterocycles. The molecule has 0 amide bonds. The highest BCUT2D eigenvalue weighted by Crippen LogP contribution is 2.30. The van der Waals surface area contributed by atoms with Gasteiger partial charge in [0.1, 0.15) is 11.6 Å². The molecule has 0 unspecified atom stereocenters. The zero-order valence-electron chi connectivity index (χ0n) is 23.3. The summed E-state index contributed by atoms with van der Waals surface area (Å²) in [7, 11) is 0. The first-order chi connectivity index (χ1) is 20.9. The summed E-state index contributed by atoms with van der Waals surface area (Å²) in [5.74, 6) is 1.07. The van der Waals surface area contributed by atoms with Gasteiger partial charge in [0.2, 0.25) is 0 Å². The largest absolute Gasteiger partial charge is 0.573 e. The maximum atomic E-state index is 12.6. The molecule has 0 bridgehead atoms. The van der Waals surface area contributed by atoms with Crippen molar-refractivity contribution in [3.63, 3.8) is 0 Å². The Bertz CT molecular complexity index is 1640. The van der Waals surface area contributed by atoms with Crippen LogP contribution in [0.1, 0.15) is 18.4 Å². The van der Waals surface area contributed by atoms with E-state index in [1.807, 2.05) is 48.5 Å². The second kappa shape index (κ2) is 12.6. The van der Waals surface area contributed by atoms with Crippen LogP contribution in [0.15, 0.2) is 109 Å². The number of hydrogen-bond acceptors (Lipinski definition) is 6. The molecule has 2 aromatic heterocycles. The lowest BCUT2D eigenvalue weighted by molar-refractivity contribution is -0.274. The molecule has 0 aliphatic carbocycles. The zero-order valence-corrected chi connectivity index (χ0v) is 23.3. The van der Waals surface area contributed by atoms with E-state index >= 15 is 0 Å². The quantitative estimate of drug-likeness (QED) is 0.201. The van der Waals surface area contributed by atoms with E-state index in [2.05, 4.69) is 44.2 Å². The summed E-state index contributed by atoms with van der Waals surface area (Å²) in [6, 6.07) is 30.2. The fourth-order valence-corrected chi connectivity index (χ4v) is 5.26. The monoisotopic (exact) mass is 581 g/mol. The molecular formula is C34H30F3N5O. The summed E-state index contributed by atoms with van der Waals surface area (Å²) in [6.45, 7) is 2.94. The molecular weight excluding hydrogens is 551 g/mol. The minimum absolute atomic E-state index is 0.273. The minimum Gasteiger partial charge on any atom is -0.406 e. The maximum absolute atomic E-state index is 12.6. The number of rotatable bonds is 8. The summed E-state index contributed by atoms with van der Waals surface area (Å²) < 4.78 is 41.8. The second-order valence-electron chi connectivity index (χ2n) is 10.5. The lowest BCUT2D eigenvalue weighted by Gasteiger charge is -2.32. The van der Waals surface area contributed by atoms with E-state index in [0.717, 1.165) is 55.0 Å². The van der Waals surface area contributed by atoms with Gasteiger partial charge in [-0.15, -0.1) is 13.2 Å². The van der Waals surface area contributed by atoms with Gasteiger partial charge in [-0.1, -0.05) is 72.8 Å². The van der Waals surface area contributed by atoms with Crippen molar-refractivity contribution in [1.29, 1.82) is 0 Å². The van der Waals surface area contributed by atoms with E-state index in [4.69, 9.17) is 9.97 Å². The van der Waals surface area contributed by atoms with Gasteiger partial charge in [-0.3, -0.25) is 9.88 Å². The molecule has 3 aromatic carbocycles. The smallest absolute Gasteiger partial charge is 0.406 e. The summed E-state index contributed by atoms with van der Waals surface area (Å²) in [4.78, 5) is 16.6. The van der Waals surface area contributed by atoms with Crippen LogP contribution in [0.5, 0.6) is 5.75 Å². The van der Waals surface area contributed by atoms with Crippen molar-refractivity contribution >= 4 is 5.82 Å². The molecule has 6 nitrogen and oxygen atoms in total. The highest BCUT2D eigenvalue weighted by atomic mass is 19.4. The number of ether oxygens (including phenoxy) is 1. The van der Waals surface area contributed by atoms with Crippen LogP contribution in [0, 0.1) is 0 Å². The Balaban J connectivity index is 1.23. The van der Waals surface area contributed by atoms with E-state index in [1.54, 1.807) is 24.5 Å². The number of halogens is 3. The number of pyridine rings is 1. The zero-order chi connectivity index (χ0) is 29.6. The summed E-state index contributed by atoms with van der Waals surface area (Å²) in [5, 5.41) is 3.65. The molecule has 0 atom stereocenters. The average molecular weight is 582 g/mol. The molecule has 1 aliphatic rings. The molecule has 1 aliphatic heterocycles. The van der Waals surface area contributed by atoms with E-state index < -0.39 is 6.36 Å². The summed E-state index contributed by atoms with van der Waals surface area (Å²) in [6.07, 6.45) is 0.658. The fraction of sp³-hybridized carbons (Fsp3) is 0.206. The Morgan fingerprint density at radius 1 is 0.744 bits per heavy atom. The molecule has 3 heterocycles. The number of alkyl halides is 3. The second-order valence-corrected chi connectivity index (χ2v) is 10.5. The van der Waals surface area contributed by atoms with Crippen LogP contribution in [-0.4, -0.2) is 45.3 Å². The van der Waals surface area contributed by atoms with Crippen LogP contribution in [0.4, 0.5) is 19.0 Å². The van der Waals surface area contributed by atoms with Crippen molar-refractivity contribution in [2.75, 3.05) is 18.4 Å². The number of benzene rings is 3. The van der Waals surface area contributed by atoms with Crippen LogP contribution < -0.4 is 10.1 Å². The summed E-state index contributed by atoms with van der Waals surface area (Å²) >= 11 is 0. The van der Waals surface area contributed by atoms with Crippen molar-refractivity contribution in [3.05, 3.63) is 115 Å². The Kier molecular flexibility index (Phi) is 8.33. The van der Waals surface area contributed by atoms with Crippen molar-refractivity contribution < 1.29 is 17.9 Å². The molecule has 1 fully saturated rings. The number of hydrogen-bond donors (Lipinski definition) is 1. The van der Waals surface area contributed by atoms with E-state index in [-0.39, 0.29) is 11.8 Å². The molecule has 5 aromatic rings. The third-order valence-corrected chi connectivity index (χ3v) is 7.40. The van der Waals surface area contributed by atoms with Gasteiger partial charge in [0.15, 0.2) is 5.82 Å². The van der Waals surface area contributed by atoms with Crippen LogP contribution in [-0.2, 0) is 6.54 Å². The number of anilines is 1. The Morgan fingerprint density at radius 2 is 1.42 bits per heavy atom. The van der Waals surface area contributed by atoms with Gasteiger partial charge in [0, 0.05) is 60.8 Å². The number of nitrogens with zero attached hydrogens (tertiary/aromatic N) is 4. The van der Waals surface area contributed by atoms with Gasteiger partial charge in [-0.2, -0.15) is 0 Å². The molecule has 0 saturated carbocycles. The first-order valence-electron chi connectivity index (χ1n) is 14.2. The van der Waals surface area contributed by atoms with Crippen LogP contribution in [0.2, 0.25) is 0 Å². The number of nitrogens with one attached hydrogen (secondary N) is 1. The van der Waals surface area contributed by atoms with E-state index in [0.29, 0.717) is 17.1 Å². The van der Waals surface area contributed by atoms with Gasteiger partial charge in [-0.25, -0.2) is 9.97 Å². The van der Waals surface area contributed by atoms with Gasteiger partial charge in [0.25, 0.3) is 0 Å². The Hall–Kier alpha value is -4.76. The van der Waals surface area contributed by atoms with E-state index in [1.165, 1.54) is 17.7 Å². The first kappa shape index (κ1) is 28.4. The minimum atomic E-state index is -4.74. The van der Waals surface area contributed by atoms with Crippen LogP contribution >= 0.6 is 0 Å². The summed E-state index contributed by atoms with van der Waals surface area (Å²) in [5.41, 5.74) is 5.15. The van der Waals surface area contributed by atoms with Gasteiger partial charge in [-0.05, 0) is 42.2 Å². The topological polar surface area (TPSA) is 63.2 Å². The normalized spacial score (nSPS) is 14.4. The molecule has 43 heavy (non-hydrogen) atoms. The Labute approximate surface area is 248 Å². The molecule has 9 heteroatoms. The van der Waals surface area contributed by atoms with Crippen molar-refractivity contribution in [2.24, 2.45) is 0 Å². The standard InChI is InChI=1S/C34H30F3N5O/c35-34(36,37)43-30-13-11-25(12-14-30)27-19-28(22-38-21-27)31-20-32(41-33(40-31)26-9-5-2-6-10-26)39-29-15-17-42(18-16-29)23-24-7-3-1-4-8-24/h1-14,19-22,29H,15-18,23H2,(H,39,40,41). The molecule has 1 N–H and O–H groups in total. The lowest BCUT2D eigenvalue weighted by atomic mass is 10.0. The molecule has 0 radical (unpaired) electrons. The van der Waals surface area contributed by atoms with Crippen molar-refractivity contribution in [3.8, 4) is 39.5 Å². The lowest BCUT2D eigenvalue weighted by Crippen LogP contribution is -2.38. The van der Waals surface area contributed by atoms with Crippen LogP contribution in [0.25, 0.3) is 33.8 Å². The third kappa shape index (κ3) is 7.55. The predicted molar refractivity (Wildman–Crippen MR) is 161 cm³/mol. The Morgan fingerprint density at radius 3 is 2.12 bits per heavy atom. The maximum Gasteiger partial charge on any atom is 0.573 e.